The Kier molecular flexibility index (Phi) is 22.2. The minimum Gasteiger partial charge on any atom is -0.386 e. The van der Waals surface area contributed by atoms with Gasteiger partial charge in [0.2, 0.25) is 35.4 Å². The first-order valence-electron chi connectivity index (χ1n) is 22.9. The second-order valence-electron chi connectivity index (χ2n) is 19.5. The van der Waals surface area contributed by atoms with Crippen LogP contribution in [0.5, 0.6) is 0 Å². The quantitative estimate of drug-likeness (QED) is 0.114. The highest BCUT2D eigenvalue weighted by molar-refractivity contribution is 5.93. The molecule has 1 saturated heterocycles. The summed E-state index contributed by atoms with van der Waals surface area (Å²) in [5, 5.41) is 19.6. The van der Waals surface area contributed by atoms with Crippen LogP contribution in [0.1, 0.15) is 126 Å². The van der Waals surface area contributed by atoms with Gasteiger partial charge in [0.25, 0.3) is 0 Å². The van der Waals surface area contributed by atoms with Gasteiger partial charge >= 0.3 is 0 Å². The standard InChI is InChI=1S/C48H82N6O9/c1-16-31(6)42(53(13)47(61)40(29(2)3)51-46(60)41(30(4)5)52(12)38(56)25-24-37(55)49-28-48(9,10)11)36(62-14)27-39(57)54-26-20-23-35(54)44(63-15)32(7)45(59)50-33(8)43(58)34-21-18-17-19-22-34/h17-19,21-22,29-33,35-36,40-44,58H,16,20,23-28H2,1-15H3,(H,49,55)(H,50,59)(H,51,60)/t31-,32+,33+,35-,36+,40-,41-,42-,43+,44+/m0/s1. The smallest absolute Gasteiger partial charge is 0.245 e. The molecule has 0 bridgehead atoms. The van der Waals surface area contributed by atoms with E-state index in [0.717, 1.165) is 6.42 Å². The van der Waals surface area contributed by atoms with Crippen LogP contribution < -0.4 is 16.0 Å². The Morgan fingerprint density at radius 3 is 2.00 bits per heavy atom. The Balaban J connectivity index is 2.24. The van der Waals surface area contributed by atoms with E-state index in [1.165, 1.54) is 19.1 Å². The summed E-state index contributed by atoms with van der Waals surface area (Å²) in [6, 6.07) is 5.77. The monoisotopic (exact) mass is 887 g/mol. The van der Waals surface area contributed by atoms with Gasteiger partial charge in [0.15, 0.2) is 0 Å². The molecular formula is C48H82N6O9. The molecule has 0 spiro atoms. The first-order chi connectivity index (χ1) is 29.4. The molecule has 1 aliphatic heterocycles. The molecule has 1 aliphatic rings. The van der Waals surface area contributed by atoms with Crippen molar-refractivity contribution >= 4 is 35.4 Å². The summed E-state index contributed by atoms with van der Waals surface area (Å²) in [4.78, 5) is 86.9. The van der Waals surface area contributed by atoms with Crippen LogP contribution in [0.4, 0.5) is 0 Å². The number of nitrogens with one attached hydrogen (secondary N) is 3. The van der Waals surface area contributed by atoms with Crippen LogP contribution in [0.2, 0.25) is 0 Å². The summed E-state index contributed by atoms with van der Waals surface area (Å²) in [7, 11) is 6.28. The Hall–Kier alpha value is -4.08. The minimum atomic E-state index is -0.954. The lowest BCUT2D eigenvalue weighted by Gasteiger charge is -2.41. The van der Waals surface area contributed by atoms with Gasteiger partial charge in [0.1, 0.15) is 12.1 Å². The number of hydrogen-bond acceptors (Lipinski definition) is 9. The molecule has 15 heteroatoms. The maximum Gasteiger partial charge on any atom is 0.245 e. The first-order valence-corrected chi connectivity index (χ1v) is 22.9. The molecule has 0 saturated carbocycles. The average Bonchev–Trinajstić information content (AvgIpc) is 3.72. The topological polar surface area (TPSA) is 187 Å². The predicted molar refractivity (Wildman–Crippen MR) is 245 cm³/mol. The average molecular weight is 887 g/mol. The summed E-state index contributed by atoms with van der Waals surface area (Å²) in [5.41, 5.74) is 0.588. The molecule has 4 N–H and O–H groups in total. The number of carbonyl (C=O) groups excluding carboxylic acids is 6. The maximum atomic E-state index is 14.5. The van der Waals surface area contributed by atoms with Gasteiger partial charge in [-0.2, -0.15) is 0 Å². The van der Waals surface area contributed by atoms with Crippen molar-refractivity contribution in [2.45, 2.75) is 163 Å². The predicted octanol–water partition coefficient (Wildman–Crippen LogP) is 4.71. The third kappa shape index (κ3) is 15.8. The fourth-order valence-electron chi connectivity index (χ4n) is 8.58. The largest absolute Gasteiger partial charge is 0.386 e. The van der Waals surface area contributed by atoms with E-state index < -0.39 is 54.3 Å². The molecule has 0 unspecified atom stereocenters. The SMILES string of the molecule is CC[C@H](C)[C@@H]([C@@H](CC(=O)N1CCC[C@H]1[C@H](OC)[C@@H](C)C(=O)N[C@H](C)[C@@H](O)c1ccccc1)OC)N(C)C(=O)[C@@H](NC(=O)[C@H](C(C)C)N(C)C(=O)CCC(=O)NCC(C)(C)C)C(C)C. The van der Waals surface area contributed by atoms with Crippen molar-refractivity contribution in [3.8, 4) is 0 Å². The molecule has 0 radical (unpaired) electrons. The fraction of sp³-hybridized carbons (Fsp3) is 0.750. The van der Waals surface area contributed by atoms with E-state index >= 15 is 0 Å². The van der Waals surface area contributed by atoms with E-state index in [9.17, 15) is 33.9 Å². The highest BCUT2D eigenvalue weighted by atomic mass is 16.5. The molecule has 6 amide bonds. The fourth-order valence-corrected chi connectivity index (χ4v) is 8.58. The Labute approximate surface area is 378 Å². The summed E-state index contributed by atoms with van der Waals surface area (Å²) < 4.78 is 12.0. The molecule has 2 rings (SSSR count). The molecule has 63 heavy (non-hydrogen) atoms. The number of likely N-dealkylation sites (N-methyl/N-ethyl adjacent to an activating group) is 2. The molecule has 0 aliphatic carbocycles. The van der Waals surface area contributed by atoms with Gasteiger partial charge in [-0.15, -0.1) is 0 Å². The van der Waals surface area contributed by atoms with Crippen LogP contribution in [0.15, 0.2) is 30.3 Å². The molecule has 1 aromatic carbocycles. The number of aliphatic hydroxyl groups excluding tert-OH is 1. The van der Waals surface area contributed by atoms with E-state index in [0.29, 0.717) is 31.5 Å². The van der Waals surface area contributed by atoms with Gasteiger partial charge in [-0.25, -0.2) is 0 Å². The minimum absolute atomic E-state index is 0.00784. The van der Waals surface area contributed by atoms with E-state index in [4.69, 9.17) is 9.47 Å². The van der Waals surface area contributed by atoms with E-state index in [1.807, 2.05) is 80.5 Å². The van der Waals surface area contributed by atoms with Gasteiger partial charge in [0, 0.05) is 54.2 Å². The van der Waals surface area contributed by atoms with Crippen molar-refractivity contribution in [1.82, 2.24) is 30.7 Å². The second-order valence-corrected chi connectivity index (χ2v) is 19.5. The van der Waals surface area contributed by atoms with Crippen LogP contribution >= 0.6 is 0 Å². The highest BCUT2D eigenvalue weighted by Gasteiger charge is 2.43. The first kappa shape index (κ1) is 55.1. The third-order valence-electron chi connectivity index (χ3n) is 12.6. The third-order valence-corrected chi connectivity index (χ3v) is 12.6. The maximum absolute atomic E-state index is 14.5. The van der Waals surface area contributed by atoms with Crippen molar-refractivity contribution in [3.05, 3.63) is 35.9 Å². The van der Waals surface area contributed by atoms with Crippen LogP contribution in [-0.4, -0.2) is 139 Å². The Morgan fingerprint density at radius 1 is 0.857 bits per heavy atom. The summed E-state index contributed by atoms with van der Waals surface area (Å²) in [6.07, 6.45) is -0.309. The number of rotatable bonds is 24. The lowest BCUT2D eigenvalue weighted by molar-refractivity contribution is -0.148. The molecule has 1 aromatic rings. The highest BCUT2D eigenvalue weighted by Crippen LogP contribution is 2.30. The van der Waals surface area contributed by atoms with Crippen molar-refractivity contribution in [1.29, 1.82) is 0 Å². The molecule has 15 nitrogen and oxygen atoms in total. The second kappa shape index (κ2) is 25.4. The molecule has 0 aromatic heterocycles. The molecule has 1 heterocycles. The number of methoxy groups -OCH3 is 2. The zero-order valence-electron chi connectivity index (χ0n) is 41.0. The van der Waals surface area contributed by atoms with Crippen LogP contribution in [-0.2, 0) is 38.2 Å². The van der Waals surface area contributed by atoms with Crippen LogP contribution in [0, 0.1) is 29.1 Å². The van der Waals surface area contributed by atoms with E-state index in [2.05, 4.69) is 16.0 Å². The summed E-state index contributed by atoms with van der Waals surface area (Å²) >= 11 is 0. The van der Waals surface area contributed by atoms with E-state index in [1.54, 1.807) is 49.9 Å². The van der Waals surface area contributed by atoms with Gasteiger partial charge in [-0.05, 0) is 48.5 Å². The number of aliphatic hydroxyl groups is 1. The lowest BCUT2D eigenvalue weighted by atomic mass is 9.89. The van der Waals surface area contributed by atoms with Crippen molar-refractivity contribution in [3.63, 3.8) is 0 Å². The van der Waals surface area contributed by atoms with Gasteiger partial charge in [-0.3, -0.25) is 28.8 Å². The lowest BCUT2D eigenvalue weighted by Crippen LogP contribution is -2.60. The summed E-state index contributed by atoms with van der Waals surface area (Å²) in [5.74, 6) is -3.28. The van der Waals surface area contributed by atoms with Gasteiger partial charge in [-0.1, -0.05) is 106 Å². The Morgan fingerprint density at radius 2 is 1.48 bits per heavy atom. The van der Waals surface area contributed by atoms with Crippen LogP contribution in [0.25, 0.3) is 0 Å². The number of hydrogen-bond donors (Lipinski definition) is 4. The van der Waals surface area contributed by atoms with Gasteiger partial charge < -0.3 is 45.2 Å². The normalized spacial score (nSPS) is 18.6. The molecule has 1 fully saturated rings. The zero-order chi connectivity index (χ0) is 47.9. The number of carbonyl (C=O) groups is 6. The number of benzene rings is 1. The Bertz CT molecular complexity index is 1640. The molecule has 10 atom stereocenters. The van der Waals surface area contributed by atoms with Crippen molar-refractivity contribution < 1.29 is 43.3 Å². The van der Waals surface area contributed by atoms with Crippen molar-refractivity contribution in [2.24, 2.45) is 29.1 Å². The van der Waals surface area contributed by atoms with Crippen LogP contribution in [0.3, 0.4) is 0 Å². The number of ether oxygens (including phenoxy) is 2. The molecule has 358 valence electrons. The summed E-state index contributed by atoms with van der Waals surface area (Å²) in [6.45, 7) is 21.8. The van der Waals surface area contributed by atoms with Crippen molar-refractivity contribution in [2.75, 3.05) is 41.4 Å². The van der Waals surface area contributed by atoms with Gasteiger partial charge in [0.05, 0.1) is 48.8 Å². The number of amides is 6. The van der Waals surface area contributed by atoms with E-state index in [-0.39, 0.29) is 78.0 Å². The number of nitrogens with zero attached hydrogens (tertiary/aromatic N) is 3. The number of likely N-dealkylation sites (tertiary alicyclic amines) is 1. The molecular weight excluding hydrogens is 805 g/mol. The zero-order valence-corrected chi connectivity index (χ0v) is 41.0.